The van der Waals surface area contributed by atoms with Crippen LogP contribution in [0.1, 0.15) is 0 Å². The predicted molar refractivity (Wildman–Crippen MR) is 102 cm³/mol. The third kappa shape index (κ3) is 2.23. The monoisotopic (exact) mass is 444 g/mol. The van der Waals surface area contributed by atoms with Crippen molar-refractivity contribution in [2.24, 2.45) is 0 Å². The summed E-state index contributed by atoms with van der Waals surface area (Å²) in [6, 6.07) is 18.1. The van der Waals surface area contributed by atoms with Crippen molar-refractivity contribution < 1.29 is 4.42 Å². The van der Waals surface area contributed by atoms with Crippen LogP contribution in [0.2, 0.25) is 0 Å². The first-order valence-corrected chi connectivity index (χ1v) is 9.14. The van der Waals surface area contributed by atoms with Gasteiger partial charge in [0.15, 0.2) is 5.76 Å². The van der Waals surface area contributed by atoms with Crippen LogP contribution in [0.25, 0.3) is 38.1 Å². The van der Waals surface area contributed by atoms with Crippen molar-refractivity contribution >= 4 is 49.9 Å². The Bertz CT molecular complexity index is 1140. The van der Waals surface area contributed by atoms with Crippen LogP contribution in [0.15, 0.2) is 59.0 Å². The second kappa shape index (κ2) is 5.38. The number of fused-ring (bicyclic) bond motifs is 2. The normalized spacial score (nSPS) is 11.5. The van der Waals surface area contributed by atoms with Crippen LogP contribution in [-0.4, -0.2) is 19.8 Å². The van der Waals surface area contributed by atoms with Gasteiger partial charge in [-0.1, -0.05) is 41.7 Å². The number of hydrogen-bond donors (Lipinski definition) is 0. The summed E-state index contributed by atoms with van der Waals surface area (Å²) in [6.07, 6.45) is 0. The van der Waals surface area contributed by atoms with Crippen LogP contribution in [0.4, 0.5) is 0 Å². The molecule has 0 spiro atoms. The van der Waals surface area contributed by atoms with Crippen molar-refractivity contribution in [1.82, 2.24) is 19.8 Å². The van der Waals surface area contributed by atoms with E-state index in [-0.39, 0.29) is 0 Å². The van der Waals surface area contributed by atoms with Gasteiger partial charge in [-0.15, -0.1) is 10.2 Å². The molecule has 0 aliphatic carbocycles. The molecule has 5 nitrogen and oxygen atoms in total. The topological polar surface area (TPSA) is 56.2 Å². The molecule has 0 atom stereocenters. The van der Waals surface area contributed by atoms with Gasteiger partial charge in [-0.25, -0.2) is 0 Å². The van der Waals surface area contributed by atoms with E-state index in [1.807, 2.05) is 30.3 Å². The molecule has 0 unspecified atom stereocenters. The highest BCUT2D eigenvalue weighted by Crippen LogP contribution is 2.30. The number of furan rings is 1. The Morgan fingerprint density at radius 2 is 1.83 bits per heavy atom. The molecule has 0 amide bonds. The first-order valence-electron chi connectivity index (χ1n) is 7.25. The van der Waals surface area contributed by atoms with Crippen LogP contribution in [0, 0.1) is 3.57 Å². The molecule has 0 saturated carbocycles. The minimum atomic E-state index is 0.620. The lowest BCUT2D eigenvalue weighted by Crippen LogP contribution is -1.89. The van der Waals surface area contributed by atoms with E-state index in [4.69, 9.17) is 4.42 Å². The average molecular weight is 444 g/mol. The van der Waals surface area contributed by atoms with Gasteiger partial charge in [0, 0.05) is 14.5 Å². The van der Waals surface area contributed by atoms with Gasteiger partial charge in [-0.3, -0.25) is 0 Å². The summed E-state index contributed by atoms with van der Waals surface area (Å²) in [7, 11) is 0. The quantitative estimate of drug-likeness (QED) is 0.365. The van der Waals surface area contributed by atoms with Gasteiger partial charge in [0.05, 0.1) is 0 Å². The maximum Gasteiger partial charge on any atom is 0.235 e. The molecule has 0 bridgehead atoms. The SMILES string of the molecule is Ic1ccc(-c2nn3c(-c4cc5ccccc5o4)nnc3s2)cc1. The summed E-state index contributed by atoms with van der Waals surface area (Å²) in [4.78, 5) is 0.749. The van der Waals surface area contributed by atoms with Gasteiger partial charge in [0.1, 0.15) is 10.6 Å². The third-order valence-corrected chi connectivity index (χ3v) is 5.39. The van der Waals surface area contributed by atoms with Crippen molar-refractivity contribution in [3.05, 3.63) is 58.2 Å². The summed E-state index contributed by atoms with van der Waals surface area (Å²) in [5, 5.41) is 15.1. The molecular weight excluding hydrogens is 435 g/mol. The Labute approximate surface area is 154 Å². The molecule has 7 heteroatoms. The lowest BCUT2D eigenvalue weighted by molar-refractivity contribution is 0.622. The zero-order valence-electron chi connectivity index (χ0n) is 12.2. The van der Waals surface area contributed by atoms with Crippen LogP contribution in [-0.2, 0) is 0 Å². The van der Waals surface area contributed by atoms with E-state index in [1.54, 1.807) is 4.52 Å². The van der Waals surface area contributed by atoms with Crippen molar-refractivity contribution in [3.63, 3.8) is 0 Å². The molecule has 0 aliphatic rings. The average Bonchev–Trinajstić information content (AvgIpc) is 3.28. The van der Waals surface area contributed by atoms with Gasteiger partial charge in [-0.05, 0) is 46.9 Å². The molecule has 24 heavy (non-hydrogen) atoms. The third-order valence-electron chi connectivity index (χ3n) is 3.73. The molecule has 0 saturated heterocycles. The van der Waals surface area contributed by atoms with E-state index in [9.17, 15) is 0 Å². The molecule has 0 aliphatic heterocycles. The Kier molecular flexibility index (Phi) is 3.17. The number of hydrogen-bond acceptors (Lipinski definition) is 5. The smallest absolute Gasteiger partial charge is 0.235 e. The maximum absolute atomic E-state index is 5.89. The van der Waals surface area contributed by atoms with Crippen LogP contribution < -0.4 is 0 Å². The van der Waals surface area contributed by atoms with Gasteiger partial charge >= 0.3 is 0 Å². The fourth-order valence-electron chi connectivity index (χ4n) is 2.57. The Morgan fingerprint density at radius 1 is 1.00 bits per heavy atom. The highest BCUT2D eigenvalue weighted by molar-refractivity contribution is 14.1. The maximum atomic E-state index is 5.89. The summed E-state index contributed by atoms with van der Waals surface area (Å²) in [5.41, 5.74) is 1.90. The number of para-hydroxylation sites is 1. The molecule has 3 aromatic heterocycles. The van der Waals surface area contributed by atoms with Gasteiger partial charge in [0.2, 0.25) is 10.8 Å². The molecule has 2 aromatic carbocycles. The van der Waals surface area contributed by atoms with E-state index in [1.165, 1.54) is 14.9 Å². The first-order chi connectivity index (χ1) is 11.8. The van der Waals surface area contributed by atoms with Crippen LogP contribution in [0.5, 0.6) is 0 Å². The van der Waals surface area contributed by atoms with E-state index >= 15 is 0 Å². The molecule has 0 N–H and O–H groups in total. The lowest BCUT2D eigenvalue weighted by Gasteiger charge is -1.95. The van der Waals surface area contributed by atoms with Crippen LogP contribution in [0.3, 0.4) is 0 Å². The molecule has 5 rings (SSSR count). The van der Waals surface area contributed by atoms with Crippen LogP contribution >= 0.6 is 33.9 Å². The molecule has 0 fully saturated rings. The molecule has 5 aromatic rings. The predicted octanol–water partition coefficient (Wildman–Crippen LogP) is 4.87. The van der Waals surface area contributed by atoms with E-state index in [0.29, 0.717) is 11.6 Å². The number of benzene rings is 2. The van der Waals surface area contributed by atoms with Crippen molar-refractivity contribution in [3.8, 4) is 22.2 Å². The molecular formula is C17H9IN4OS. The van der Waals surface area contributed by atoms with E-state index in [2.05, 4.69) is 62.2 Å². The number of halogens is 1. The fourth-order valence-corrected chi connectivity index (χ4v) is 3.78. The fraction of sp³-hybridized carbons (Fsp3) is 0. The van der Waals surface area contributed by atoms with Gasteiger partial charge in [-0.2, -0.15) is 9.61 Å². The summed E-state index contributed by atoms with van der Waals surface area (Å²) < 4.78 is 8.83. The van der Waals surface area contributed by atoms with Crippen molar-refractivity contribution in [2.75, 3.05) is 0 Å². The first kappa shape index (κ1) is 14.1. The lowest BCUT2D eigenvalue weighted by atomic mass is 10.2. The number of aromatic nitrogens is 4. The highest BCUT2D eigenvalue weighted by Gasteiger charge is 2.17. The minimum Gasteiger partial charge on any atom is -0.453 e. The molecule has 0 radical (unpaired) electrons. The summed E-state index contributed by atoms with van der Waals surface area (Å²) in [6.45, 7) is 0. The van der Waals surface area contributed by atoms with E-state index < -0.39 is 0 Å². The molecule has 3 heterocycles. The Morgan fingerprint density at radius 3 is 2.67 bits per heavy atom. The van der Waals surface area contributed by atoms with E-state index in [0.717, 1.165) is 26.5 Å². The zero-order valence-corrected chi connectivity index (χ0v) is 15.2. The summed E-state index contributed by atoms with van der Waals surface area (Å²) in [5.74, 6) is 1.29. The van der Waals surface area contributed by atoms with Crippen molar-refractivity contribution in [1.29, 1.82) is 0 Å². The highest BCUT2D eigenvalue weighted by atomic mass is 127. The van der Waals surface area contributed by atoms with Gasteiger partial charge < -0.3 is 4.42 Å². The molecule has 116 valence electrons. The number of rotatable bonds is 2. The Balaban J connectivity index is 1.65. The summed E-state index contributed by atoms with van der Waals surface area (Å²) >= 11 is 3.80. The standard InChI is InChI=1S/C17H9IN4OS/c18-12-7-5-10(6-8-12)16-21-22-15(19-20-17(22)24-16)14-9-11-3-1-2-4-13(11)23-14/h1-9H. The second-order valence-electron chi connectivity index (χ2n) is 5.28. The van der Waals surface area contributed by atoms with Gasteiger partial charge in [0.25, 0.3) is 0 Å². The zero-order chi connectivity index (χ0) is 16.1. The largest absolute Gasteiger partial charge is 0.453 e. The minimum absolute atomic E-state index is 0.620. The second-order valence-corrected chi connectivity index (χ2v) is 7.48. The number of nitrogens with zero attached hydrogens (tertiary/aromatic N) is 4. The van der Waals surface area contributed by atoms with Crippen molar-refractivity contribution in [2.45, 2.75) is 0 Å². The Hall–Kier alpha value is -2.26.